The van der Waals surface area contributed by atoms with Crippen molar-refractivity contribution in [3.05, 3.63) is 62.6 Å². The average molecular weight is 400 g/mol. The molecular weight excluding hydrogens is 374 g/mol. The lowest BCUT2D eigenvalue weighted by Gasteiger charge is -2.03. The number of rotatable bonds is 9. The third-order valence-corrected chi connectivity index (χ3v) is 5.83. The normalized spacial score (nSPS) is 11.1. The number of esters is 1. The average Bonchev–Trinajstić information content (AvgIpc) is 3.04. The number of carbonyl (C=O) groups excluding carboxylic acids is 1. The van der Waals surface area contributed by atoms with Crippen molar-refractivity contribution in [2.75, 3.05) is 0 Å². The smallest absolute Gasteiger partial charge is 0.349 e. The van der Waals surface area contributed by atoms with Crippen LogP contribution in [-0.4, -0.2) is 11.0 Å². The maximum Gasteiger partial charge on any atom is 0.349 e. The van der Waals surface area contributed by atoms with Crippen LogP contribution in [0.3, 0.4) is 0 Å². The van der Waals surface area contributed by atoms with E-state index in [0.29, 0.717) is 33.0 Å². The fraction of sp³-hybridized carbons (Fsp3) is 0.409. The zero-order valence-corrected chi connectivity index (χ0v) is 17.1. The fourth-order valence-electron chi connectivity index (χ4n) is 3.08. The fourth-order valence-corrected chi connectivity index (χ4v) is 4.16. The van der Waals surface area contributed by atoms with Gasteiger partial charge in [-0.25, -0.2) is 14.6 Å². The lowest BCUT2D eigenvalue weighted by molar-refractivity contribution is 0.0478. The minimum absolute atomic E-state index is 0.193. The Labute approximate surface area is 168 Å². The predicted octanol–water partition coefficient (Wildman–Crippen LogP) is 5.43. The molecule has 5 nitrogen and oxygen atoms in total. The van der Waals surface area contributed by atoms with Crippen molar-refractivity contribution in [3.63, 3.8) is 0 Å². The molecule has 1 aromatic carbocycles. The minimum Gasteiger partial charge on any atom is -0.457 e. The molecule has 6 heteroatoms. The van der Waals surface area contributed by atoms with Crippen molar-refractivity contribution in [1.82, 2.24) is 4.98 Å². The monoisotopic (exact) mass is 399 g/mol. The summed E-state index contributed by atoms with van der Waals surface area (Å²) in [6, 6.07) is 9.50. The molecule has 2 heterocycles. The van der Waals surface area contributed by atoms with Gasteiger partial charge in [0.15, 0.2) is 5.89 Å². The van der Waals surface area contributed by atoms with Crippen molar-refractivity contribution >= 4 is 27.5 Å². The van der Waals surface area contributed by atoms with Gasteiger partial charge in [0, 0.05) is 6.42 Å². The lowest BCUT2D eigenvalue weighted by Crippen LogP contribution is -2.07. The van der Waals surface area contributed by atoms with Crippen LogP contribution in [-0.2, 0) is 17.8 Å². The Hall–Kier alpha value is -2.47. The number of fused-ring (bicyclic) bond motifs is 1. The molecule has 0 radical (unpaired) electrons. The molecule has 0 saturated carbocycles. The third kappa shape index (κ3) is 4.87. The van der Waals surface area contributed by atoms with Gasteiger partial charge < -0.3 is 9.15 Å². The zero-order chi connectivity index (χ0) is 19.9. The van der Waals surface area contributed by atoms with E-state index in [-0.39, 0.29) is 6.61 Å². The van der Waals surface area contributed by atoms with E-state index in [2.05, 4.69) is 11.9 Å². The summed E-state index contributed by atoms with van der Waals surface area (Å²) < 4.78 is 10.8. The molecule has 0 atom stereocenters. The van der Waals surface area contributed by atoms with E-state index < -0.39 is 11.6 Å². The second kappa shape index (κ2) is 9.64. The Bertz CT molecular complexity index is 991. The van der Waals surface area contributed by atoms with Crippen LogP contribution in [0.4, 0.5) is 0 Å². The number of unbranched alkanes of at least 4 members (excludes halogenated alkanes) is 4. The Morgan fingerprint density at radius 1 is 1.14 bits per heavy atom. The van der Waals surface area contributed by atoms with Crippen LogP contribution in [0, 0.1) is 6.92 Å². The molecule has 3 aromatic rings. The first-order valence-electron chi connectivity index (χ1n) is 9.74. The minimum atomic E-state index is -0.440. The summed E-state index contributed by atoms with van der Waals surface area (Å²) in [5.74, 6) is 0.00400. The molecule has 0 aliphatic heterocycles. The number of thiophene rings is 1. The van der Waals surface area contributed by atoms with E-state index in [1.54, 1.807) is 6.92 Å². The van der Waals surface area contributed by atoms with Gasteiger partial charge in [0.2, 0.25) is 0 Å². The molecule has 0 aliphatic rings. The van der Waals surface area contributed by atoms with E-state index in [9.17, 15) is 9.59 Å². The van der Waals surface area contributed by atoms with E-state index >= 15 is 0 Å². The SMILES string of the molecule is CCCCCCCc1nc2sc(C(=O)OCc3ccccc3)c(C)c2c(=O)o1. The largest absolute Gasteiger partial charge is 0.457 e. The molecule has 0 saturated heterocycles. The zero-order valence-electron chi connectivity index (χ0n) is 16.3. The van der Waals surface area contributed by atoms with E-state index in [4.69, 9.17) is 9.15 Å². The van der Waals surface area contributed by atoms with Gasteiger partial charge in [-0.1, -0.05) is 62.9 Å². The van der Waals surface area contributed by atoms with Crippen molar-refractivity contribution in [2.45, 2.75) is 59.0 Å². The molecule has 0 fully saturated rings. The van der Waals surface area contributed by atoms with Crippen LogP contribution in [0.15, 0.2) is 39.5 Å². The number of benzene rings is 1. The topological polar surface area (TPSA) is 69.4 Å². The first-order chi connectivity index (χ1) is 13.6. The highest BCUT2D eigenvalue weighted by Crippen LogP contribution is 2.28. The Kier molecular flexibility index (Phi) is 6.98. The number of aryl methyl sites for hydroxylation is 2. The maximum atomic E-state index is 12.5. The van der Waals surface area contributed by atoms with Gasteiger partial charge in [-0.3, -0.25) is 0 Å². The summed E-state index contributed by atoms with van der Waals surface area (Å²) in [6.07, 6.45) is 6.26. The molecule has 2 aromatic heterocycles. The summed E-state index contributed by atoms with van der Waals surface area (Å²) in [5, 5.41) is 0.381. The lowest BCUT2D eigenvalue weighted by atomic mass is 10.1. The van der Waals surface area contributed by atoms with Gasteiger partial charge >= 0.3 is 11.6 Å². The van der Waals surface area contributed by atoms with Gasteiger partial charge in [0.25, 0.3) is 0 Å². The van der Waals surface area contributed by atoms with Crippen LogP contribution in [0.1, 0.15) is 65.7 Å². The number of hydrogen-bond acceptors (Lipinski definition) is 6. The number of nitrogens with zero attached hydrogens (tertiary/aromatic N) is 1. The first kappa shape index (κ1) is 20.3. The van der Waals surface area contributed by atoms with Gasteiger partial charge in [0.05, 0.1) is 0 Å². The maximum absolute atomic E-state index is 12.5. The van der Waals surface area contributed by atoms with Gasteiger partial charge in [-0.2, -0.15) is 0 Å². The third-order valence-electron chi connectivity index (χ3n) is 4.66. The quantitative estimate of drug-likeness (QED) is 0.354. The number of carbonyl (C=O) groups is 1. The van der Waals surface area contributed by atoms with E-state index in [0.717, 1.165) is 18.4 Å². The standard InChI is InChI=1S/C22H25NO4S/c1-3-4-5-6-10-13-17-23-20-18(21(24)27-17)15(2)19(28-20)22(25)26-14-16-11-8-7-9-12-16/h7-9,11-12H,3-6,10,13-14H2,1-2H3. The summed E-state index contributed by atoms with van der Waals surface area (Å²) in [5.41, 5.74) is 1.07. The highest BCUT2D eigenvalue weighted by atomic mass is 32.1. The van der Waals surface area contributed by atoms with E-state index in [1.165, 1.54) is 30.6 Å². The Balaban J connectivity index is 1.73. The number of aromatic nitrogens is 1. The van der Waals surface area contributed by atoms with Crippen molar-refractivity contribution in [2.24, 2.45) is 0 Å². The van der Waals surface area contributed by atoms with Gasteiger partial charge in [0.1, 0.15) is 21.7 Å². The molecule has 0 N–H and O–H groups in total. The number of ether oxygens (including phenoxy) is 1. The van der Waals surface area contributed by atoms with Gasteiger partial charge in [-0.15, -0.1) is 11.3 Å². The van der Waals surface area contributed by atoms with Crippen LogP contribution in [0.2, 0.25) is 0 Å². The van der Waals surface area contributed by atoms with Crippen LogP contribution >= 0.6 is 11.3 Å². The Morgan fingerprint density at radius 3 is 2.64 bits per heavy atom. The molecule has 0 aliphatic carbocycles. The summed E-state index contributed by atoms with van der Waals surface area (Å²) in [6.45, 7) is 4.11. The molecule has 0 spiro atoms. The van der Waals surface area contributed by atoms with Gasteiger partial charge in [-0.05, 0) is 24.5 Å². The summed E-state index contributed by atoms with van der Waals surface area (Å²) in [7, 11) is 0. The predicted molar refractivity (Wildman–Crippen MR) is 111 cm³/mol. The van der Waals surface area contributed by atoms with Crippen LogP contribution in [0.5, 0.6) is 0 Å². The molecular formula is C22H25NO4S. The number of hydrogen-bond donors (Lipinski definition) is 0. The van der Waals surface area contributed by atoms with Crippen LogP contribution in [0.25, 0.3) is 10.2 Å². The highest BCUT2D eigenvalue weighted by molar-refractivity contribution is 7.20. The van der Waals surface area contributed by atoms with Crippen molar-refractivity contribution < 1.29 is 13.9 Å². The molecule has 3 rings (SSSR count). The van der Waals surface area contributed by atoms with Crippen molar-refractivity contribution in [1.29, 1.82) is 0 Å². The highest BCUT2D eigenvalue weighted by Gasteiger charge is 2.21. The second-order valence-corrected chi connectivity index (χ2v) is 7.86. The second-order valence-electron chi connectivity index (χ2n) is 6.86. The Morgan fingerprint density at radius 2 is 1.89 bits per heavy atom. The van der Waals surface area contributed by atoms with E-state index in [1.807, 2.05) is 30.3 Å². The molecule has 148 valence electrons. The molecule has 28 heavy (non-hydrogen) atoms. The molecule has 0 bridgehead atoms. The molecule has 0 unspecified atom stereocenters. The summed E-state index contributed by atoms with van der Waals surface area (Å²) in [4.78, 5) is 30.4. The van der Waals surface area contributed by atoms with Crippen molar-refractivity contribution in [3.8, 4) is 0 Å². The molecule has 0 amide bonds. The summed E-state index contributed by atoms with van der Waals surface area (Å²) >= 11 is 1.20. The van der Waals surface area contributed by atoms with Crippen LogP contribution < -0.4 is 5.63 Å². The first-order valence-corrected chi connectivity index (χ1v) is 10.6.